The maximum Gasteiger partial charge on any atom is 0.433 e. The molecule has 1 N–H and O–H groups in total. The van der Waals surface area contributed by atoms with Crippen molar-refractivity contribution >= 4 is 5.95 Å². The van der Waals surface area contributed by atoms with Crippen LogP contribution in [0.1, 0.15) is 25.5 Å². The third-order valence-corrected chi connectivity index (χ3v) is 2.16. The Bertz CT molecular complexity index is 539. The van der Waals surface area contributed by atoms with E-state index in [1.54, 1.807) is 18.2 Å². The van der Waals surface area contributed by atoms with Gasteiger partial charge in [-0.25, -0.2) is 9.97 Å². The summed E-state index contributed by atoms with van der Waals surface area (Å²) in [7, 11) is 0. The number of halogens is 3. The summed E-state index contributed by atoms with van der Waals surface area (Å²) in [6, 6.07) is 0.822. The first-order valence-corrected chi connectivity index (χ1v) is 5.94. The molecule has 1 aromatic rings. The third-order valence-electron chi connectivity index (χ3n) is 2.16. The molecular weight excluding hydrogens is 267 g/mol. The zero-order valence-corrected chi connectivity index (χ0v) is 10.9. The lowest BCUT2D eigenvalue weighted by Crippen LogP contribution is -2.11. The van der Waals surface area contributed by atoms with E-state index in [0.717, 1.165) is 12.3 Å². The number of alkyl halides is 3. The predicted octanol–water partition coefficient (Wildman–Crippen LogP) is 3.78. The summed E-state index contributed by atoms with van der Waals surface area (Å²) < 4.78 is 37.6. The van der Waals surface area contributed by atoms with Gasteiger partial charge in [-0.2, -0.15) is 13.2 Å². The molecule has 0 aliphatic heterocycles. The summed E-state index contributed by atoms with van der Waals surface area (Å²) in [6.07, 6.45) is 8.05. The topological polar surface area (TPSA) is 37.8 Å². The van der Waals surface area contributed by atoms with Crippen LogP contribution >= 0.6 is 0 Å². The van der Waals surface area contributed by atoms with Crippen molar-refractivity contribution in [3.8, 4) is 12.3 Å². The zero-order chi connectivity index (χ0) is 15.0. The van der Waals surface area contributed by atoms with Gasteiger partial charge in [0, 0.05) is 18.3 Å². The number of nitrogens with zero attached hydrogens (tertiary/aromatic N) is 2. The molecule has 1 rings (SSSR count). The van der Waals surface area contributed by atoms with Crippen LogP contribution in [0.3, 0.4) is 0 Å². The van der Waals surface area contributed by atoms with E-state index in [4.69, 9.17) is 6.42 Å². The van der Waals surface area contributed by atoms with E-state index in [-0.39, 0.29) is 5.95 Å². The minimum Gasteiger partial charge on any atom is -0.324 e. The number of anilines is 1. The first-order valence-electron chi connectivity index (χ1n) is 5.94. The van der Waals surface area contributed by atoms with Crippen molar-refractivity contribution in [2.45, 2.75) is 25.9 Å². The Morgan fingerprint density at radius 3 is 2.85 bits per heavy atom. The van der Waals surface area contributed by atoms with Gasteiger partial charge >= 0.3 is 6.18 Å². The van der Waals surface area contributed by atoms with Gasteiger partial charge < -0.3 is 5.32 Å². The first kappa shape index (κ1) is 15.8. The Kier molecular flexibility index (Phi) is 5.78. The van der Waals surface area contributed by atoms with Crippen LogP contribution in [0, 0.1) is 12.3 Å². The number of rotatable bonds is 5. The third kappa shape index (κ3) is 5.14. The molecule has 0 aliphatic carbocycles. The maximum atomic E-state index is 12.5. The number of hydrogen-bond donors (Lipinski definition) is 1. The van der Waals surface area contributed by atoms with Crippen molar-refractivity contribution in [1.29, 1.82) is 0 Å². The Hall–Kier alpha value is -2.29. The van der Waals surface area contributed by atoms with Crippen LogP contribution in [0.15, 0.2) is 36.2 Å². The molecule has 1 heterocycles. The number of hydrogen-bond acceptors (Lipinski definition) is 3. The van der Waals surface area contributed by atoms with Crippen LogP contribution < -0.4 is 5.32 Å². The Morgan fingerprint density at radius 1 is 1.50 bits per heavy atom. The molecule has 0 saturated carbocycles. The van der Waals surface area contributed by atoms with E-state index in [0.29, 0.717) is 18.5 Å². The van der Waals surface area contributed by atoms with Crippen LogP contribution in [0.2, 0.25) is 0 Å². The molecule has 0 unspecified atom stereocenters. The predicted molar refractivity (Wildman–Crippen MR) is 71.6 cm³/mol. The van der Waals surface area contributed by atoms with Gasteiger partial charge in [-0.15, -0.1) is 12.3 Å². The van der Waals surface area contributed by atoms with E-state index in [9.17, 15) is 13.2 Å². The quantitative estimate of drug-likeness (QED) is 0.659. The Labute approximate surface area is 115 Å². The molecule has 20 heavy (non-hydrogen) atoms. The molecule has 106 valence electrons. The zero-order valence-electron chi connectivity index (χ0n) is 10.9. The summed E-state index contributed by atoms with van der Waals surface area (Å²) >= 11 is 0. The fourth-order valence-corrected chi connectivity index (χ4v) is 1.34. The van der Waals surface area contributed by atoms with Crippen LogP contribution in [0.4, 0.5) is 19.1 Å². The molecule has 0 aliphatic rings. The smallest absolute Gasteiger partial charge is 0.324 e. The highest BCUT2D eigenvalue weighted by atomic mass is 19.4. The van der Waals surface area contributed by atoms with Gasteiger partial charge in [0.25, 0.3) is 0 Å². The second-order valence-corrected chi connectivity index (χ2v) is 3.77. The normalized spacial score (nSPS) is 12.4. The molecule has 0 bridgehead atoms. The average molecular weight is 281 g/mol. The SMILES string of the molecule is C#CC/C=C\C(=C/CC)Nc1nccc(C(F)(F)F)n1. The van der Waals surface area contributed by atoms with Crippen molar-refractivity contribution < 1.29 is 13.2 Å². The molecule has 0 amide bonds. The van der Waals surface area contributed by atoms with Crippen molar-refractivity contribution in [1.82, 2.24) is 9.97 Å². The molecule has 0 radical (unpaired) electrons. The second-order valence-electron chi connectivity index (χ2n) is 3.77. The fourth-order valence-electron chi connectivity index (χ4n) is 1.34. The van der Waals surface area contributed by atoms with Crippen LogP contribution in [0.5, 0.6) is 0 Å². The monoisotopic (exact) mass is 281 g/mol. The molecular formula is C14H14F3N3. The first-order chi connectivity index (χ1) is 9.47. The minimum absolute atomic E-state index is 0.107. The van der Waals surface area contributed by atoms with E-state index in [1.807, 2.05) is 6.92 Å². The highest BCUT2D eigenvalue weighted by molar-refractivity contribution is 5.40. The molecule has 0 atom stereocenters. The molecule has 3 nitrogen and oxygen atoms in total. The highest BCUT2D eigenvalue weighted by Gasteiger charge is 2.32. The van der Waals surface area contributed by atoms with Gasteiger partial charge in [0.1, 0.15) is 5.69 Å². The summed E-state index contributed by atoms with van der Waals surface area (Å²) in [4.78, 5) is 7.20. The van der Waals surface area contributed by atoms with E-state index in [1.165, 1.54) is 0 Å². The maximum absolute atomic E-state index is 12.5. The number of allylic oxidation sites excluding steroid dienone is 3. The number of nitrogens with one attached hydrogen (secondary N) is 1. The molecule has 1 aromatic heterocycles. The van der Waals surface area contributed by atoms with Crippen molar-refractivity contribution in [3.05, 3.63) is 41.9 Å². The molecule has 0 saturated heterocycles. The minimum atomic E-state index is -4.49. The number of terminal acetylenes is 1. The van der Waals surface area contributed by atoms with Gasteiger partial charge in [-0.05, 0) is 18.6 Å². The summed E-state index contributed by atoms with van der Waals surface area (Å²) in [5.41, 5.74) is -0.388. The van der Waals surface area contributed by atoms with Crippen LogP contribution in [0.25, 0.3) is 0 Å². The summed E-state index contributed by atoms with van der Waals surface area (Å²) in [6.45, 7) is 1.91. The Morgan fingerprint density at radius 2 is 2.25 bits per heavy atom. The fraction of sp³-hybridized carbons (Fsp3) is 0.286. The molecule has 0 aromatic carbocycles. The molecule has 0 spiro atoms. The second kappa shape index (κ2) is 7.34. The van der Waals surface area contributed by atoms with E-state index < -0.39 is 11.9 Å². The van der Waals surface area contributed by atoms with Crippen LogP contribution in [-0.2, 0) is 6.18 Å². The highest BCUT2D eigenvalue weighted by Crippen LogP contribution is 2.27. The van der Waals surface area contributed by atoms with Gasteiger partial charge in [0.15, 0.2) is 0 Å². The summed E-state index contributed by atoms with van der Waals surface area (Å²) in [5.74, 6) is 2.33. The average Bonchev–Trinajstić information content (AvgIpc) is 2.38. The van der Waals surface area contributed by atoms with Crippen molar-refractivity contribution in [3.63, 3.8) is 0 Å². The van der Waals surface area contributed by atoms with Gasteiger partial charge in [-0.1, -0.05) is 19.1 Å². The van der Waals surface area contributed by atoms with E-state index >= 15 is 0 Å². The Balaban J connectivity index is 2.90. The lowest BCUT2D eigenvalue weighted by atomic mass is 10.3. The molecule has 6 heteroatoms. The van der Waals surface area contributed by atoms with Gasteiger partial charge in [-0.3, -0.25) is 0 Å². The van der Waals surface area contributed by atoms with E-state index in [2.05, 4.69) is 21.2 Å². The standard InChI is InChI=1S/C14H14F3N3/c1-3-5-6-8-11(7-4-2)19-13-18-10-9-12(20-13)14(15,16)17/h1,6-10H,4-5H2,2H3,(H,18,19,20)/b8-6-,11-7+. The lowest BCUT2D eigenvalue weighted by molar-refractivity contribution is -0.141. The lowest BCUT2D eigenvalue weighted by Gasteiger charge is -2.09. The number of aromatic nitrogens is 2. The molecule has 0 fully saturated rings. The van der Waals surface area contributed by atoms with Gasteiger partial charge in [0.05, 0.1) is 0 Å². The summed E-state index contributed by atoms with van der Waals surface area (Å²) in [5, 5.41) is 2.73. The van der Waals surface area contributed by atoms with Gasteiger partial charge in [0.2, 0.25) is 5.95 Å². The van der Waals surface area contributed by atoms with Crippen LogP contribution in [-0.4, -0.2) is 9.97 Å². The largest absolute Gasteiger partial charge is 0.433 e. The van der Waals surface area contributed by atoms with Crippen molar-refractivity contribution in [2.75, 3.05) is 5.32 Å². The van der Waals surface area contributed by atoms with Crippen molar-refractivity contribution in [2.24, 2.45) is 0 Å².